The van der Waals surface area contributed by atoms with Crippen molar-refractivity contribution in [1.82, 2.24) is 0 Å². The van der Waals surface area contributed by atoms with Gasteiger partial charge in [-0.1, -0.05) is 0 Å². The summed E-state index contributed by atoms with van der Waals surface area (Å²) in [5.41, 5.74) is 0.606. The second-order valence-corrected chi connectivity index (χ2v) is 2.75. The van der Waals surface area contributed by atoms with Gasteiger partial charge in [0.25, 0.3) is 0 Å². The molecule has 2 aliphatic rings. The van der Waals surface area contributed by atoms with Crippen LogP contribution in [0.3, 0.4) is 0 Å². The van der Waals surface area contributed by atoms with Crippen LogP contribution in [0, 0.1) is 22.7 Å². The van der Waals surface area contributed by atoms with Gasteiger partial charge >= 0.3 is 0 Å². The van der Waals surface area contributed by atoms with Gasteiger partial charge in [-0.15, -0.1) is 0 Å². The van der Waals surface area contributed by atoms with Crippen LogP contribution in [-0.2, 0) is 0 Å². The minimum atomic E-state index is 0.465. The molecule has 1 heteroatoms. The fourth-order valence-electron chi connectivity index (χ4n) is 1.24. The van der Waals surface area contributed by atoms with Crippen LogP contribution < -0.4 is 0 Å². The van der Waals surface area contributed by atoms with E-state index in [0.29, 0.717) is 11.3 Å². The number of hydrogen-bond acceptors (Lipinski definition) is 1. The molecule has 0 heterocycles. The van der Waals surface area contributed by atoms with Crippen molar-refractivity contribution >= 4 is 0 Å². The maximum atomic E-state index is 8.33. The molecule has 0 aromatic rings. The molecule has 0 saturated heterocycles. The summed E-state index contributed by atoms with van der Waals surface area (Å²) in [4.78, 5) is 0. The highest BCUT2D eigenvalue weighted by atomic mass is 14.7. The molecule has 0 bridgehead atoms. The molecule has 0 amide bonds. The van der Waals surface area contributed by atoms with Gasteiger partial charge in [-0.2, -0.15) is 5.26 Å². The van der Waals surface area contributed by atoms with Crippen LogP contribution in [0.4, 0.5) is 0 Å². The van der Waals surface area contributed by atoms with Crippen LogP contribution in [0.1, 0.15) is 19.3 Å². The van der Waals surface area contributed by atoms with E-state index in [1.54, 1.807) is 0 Å². The topological polar surface area (TPSA) is 23.8 Å². The van der Waals surface area contributed by atoms with Crippen molar-refractivity contribution in [3.05, 3.63) is 0 Å². The minimum Gasteiger partial charge on any atom is -0.198 e. The van der Waals surface area contributed by atoms with Gasteiger partial charge in [0, 0.05) is 0 Å². The Balaban J connectivity index is 2.13. The highest BCUT2D eigenvalue weighted by Crippen LogP contribution is 2.70. The number of nitrogens with zero attached hydrogens (tertiary/aromatic N) is 1. The molecule has 1 atom stereocenters. The maximum Gasteiger partial charge on any atom is 0.0661 e. The molecular weight excluding hydrogens is 86.1 g/mol. The summed E-state index contributed by atoms with van der Waals surface area (Å²) in [5.74, 6) is 0.465. The molecule has 0 radical (unpaired) electrons. The van der Waals surface area contributed by atoms with Gasteiger partial charge in [0.15, 0.2) is 0 Å². The average Bonchev–Trinajstić information content (AvgIpc) is 2.52. The number of hydrogen-bond donors (Lipinski definition) is 0. The molecule has 2 rings (SSSR count). The SMILES string of the molecule is N#C[C@H]1CC12CC2. The summed E-state index contributed by atoms with van der Waals surface area (Å²) in [5, 5.41) is 8.33. The Bertz CT molecular complexity index is 139. The third kappa shape index (κ3) is 0.279. The molecule has 36 valence electrons. The molecule has 0 aliphatic heterocycles. The van der Waals surface area contributed by atoms with E-state index in [0.717, 1.165) is 0 Å². The lowest BCUT2D eigenvalue weighted by atomic mass is 10.3. The van der Waals surface area contributed by atoms with E-state index in [2.05, 4.69) is 6.07 Å². The Morgan fingerprint density at radius 3 is 2.43 bits per heavy atom. The van der Waals surface area contributed by atoms with Crippen molar-refractivity contribution < 1.29 is 0 Å². The quantitative estimate of drug-likeness (QED) is 0.443. The van der Waals surface area contributed by atoms with Crippen LogP contribution in [0.5, 0.6) is 0 Å². The van der Waals surface area contributed by atoms with Crippen molar-refractivity contribution in [2.45, 2.75) is 19.3 Å². The average molecular weight is 93.1 g/mol. The van der Waals surface area contributed by atoms with Gasteiger partial charge in [-0.25, -0.2) is 0 Å². The van der Waals surface area contributed by atoms with Crippen LogP contribution in [-0.4, -0.2) is 0 Å². The van der Waals surface area contributed by atoms with Crippen molar-refractivity contribution in [3.8, 4) is 6.07 Å². The first kappa shape index (κ1) is 3.49. The fourth-order valence-corrected chi connectivity index (χ4v) is 1.24. The highest BCUT2D eigenvalue weighted by molar-refractivity contribution is 5.20. The molecule has 1 nitrogen and oxygen atoms in total. The molecule has 0 N–H and O–H groups in total. The fraction of sp³-hybridized carbons (Fsp3) is 0.833. The van der Waals surface area contributed by atoms with Crippen LogP contribution in [0.2, 0.25) is 0 Å². The summed E-state index contributed by atoms with van der Waals surface area (Å²) in [6, 6.07) is 2.29. The van der Waals surface area contributed by atoms with Gasteiger partial charge in [-0.3, -0.25) is 0 Å². The monoisotopic (exact) mass is 93.1 g/mol. The zero-order valence-electron chi connectivity index (χ0n) is 4.15. The molecule has 0 unspecified atom stereocenters. The molecule has 2 saturated carbocycles. The van der Waals surface area contributed by atoms with Gasteiger partial charge in [-0.05, 0) is 24.7 Å². The maximum absolute atomic E-state index is 8.33. The lowest BCUT2D eigenvalue weighted by Gasteiger charge is -1.69. The summed E-state index contributed by atoms with van der Waals surface area (Å²) in [6.07, 6.45) is 3.89. The minimum absolute atomic E-state index is 0.465. The van der Waals surface area contributed by atoms with Crippen molar-refractivity contribution in [1.29, 1.82) is 5.26 Å². The van der Waals surface area contributed by atoms with Crippen molar-refractivity contribution in [2.75, 3.05) is 0 Å². The third-order valence-electron chi connectivity index (χ3n) is 2.24. The number of nitriles is 1. The van der Waals surface area contributed by atoms with E-state index < -0.39 is 0 Å². The van der Waals surface area contributed by atoms with Gasteiger partial charge in [0.1, 0.15) is 0 Å². The lowest BCUT2D eigenvalue weighted by molar-refractivity contribution is 0.832. The first-order chi connectivity index (χ1) is 3.37. The predicted octanol–water partition coefficient (Wildman–Crippen LogP) is 1.31. The summed E-state index contributed by atoms with van der Waals surface area (Å²) >= 11 is 0. The Kier molecular flexibility index (Phi) is 0.353. The Hall–Kier alpha value is -0.510. The smallest absolute Gasteiger partial charge is 0.0661 e. The Morgan fingerprint density at radius 1 is 1.57 bits per heavy atom. The molecule has 1 spiro atoms. The van der Waals surface area contributed by atoms with E-state index in [1.165, 1.54) is 19.3 Å². The van der Waals surface area contributed by atoms with E-state index in [9.17, 15) is 0 Å². The molecule has 2 aliphatic carbocycles. The van der Waals surface area contributed by atoms with Crippen LogP contribution in [0.25, 0.3) is 0 Å². The third-order valence-corrected chi connectivity index (χ3v) is 2.24. The van der Waals surface area contributed by atoms with Gasteiger partial charge < -0.3 is 0 Å². The molecule has 0 aromatic carbocycles. The number of rotatable bonds is 0. The lowest BCUT2D eigenvalue weighted by Crippen LogP contribution is -1.69. The van der Waals surface area contributed by atoms with Crippen LogP contribution >= 0.6 is 0 Å². The molecule has 2 fully saturated rings. The predicted molar refractivity (Wildman–Crippen MR) is 25.4 cm³/mol. The van der Waals surface area contributed by atoms with Crippen molar-refractivity contribution in [3.63, 3.8) is 0 Å². The first-order valence-electron chi connectivity index (χ1n) is 2.77. The zero-order valence-corrected chi connectivity index (χ0v) is 4.15. The second kappa shape index (κ2) is 0.709. The first-order valence-corrected chi connectivity index (χ1v) is 2.77. The summed E-state index contributed by atoms with van der Waals surface area (Å²) < 4.78 is 0. The van der Waals surface area contributed by atoms with Gasteiger partial charge in [0.05, 0.1) is 12.0 Å². The Morgan fingerprint density at radius 2 is 2.29 bits per heavy atom. The van der Waals surface area contributed by atoms with Gasteiger partial charge in [0.2, 0.25) is 0 Å². The van der Waals surface area contributed by atoms with Crippen LogP contribution in [0.15, 0.2) is 0 Å². The zero-order chi connectivity index (χ0) is 4.91. The summed E-state index contributed by atoms with van der Waals surface area (Å²) in [6.45, 7) is 0. The normalized spacial score (nSPS) is 40.1. The standard InChI is InChI=1S/C6H7N/c7-4-5-3-6(5)1-2-6/h5H,1-3H2/t5-/m1/s1. The van der Waals surface area contributed by atoms with E-state index in [-0.39, 0.29) is 0 Å². The van der Waals surface area contributed by atoms with E-state index >= 15 is 0 Å². The van der Waals surface area contributed by atoms with E-state index in [1.807, 2.05) is 0 Å². The largest absolute Gasteiger partial charge is 0.198 e. The van der Waals surface area contributed by atoms with Crippen molar-refractivity contribution in [2.24, 2.45) is 11.3 Å². The molecule has 7 heavy (non-hydrogen) atoms. The molecule has 0 aromatic heterocycles. The highest BCUT2D eigenvalue weighted by Gasteiger charge is 2.63. The summed E-state index contributed by atoms with van der Waals surface area (Å²) in [7, 11) is 0. The molecular formula is C6H7N. The van der Waals surface area contributed by atoms with E-state index in [4.69, 9.17) is 5.26 Å². The Labute approximate surface area is 42.9 Å². The second-order valence-electron chi connectivity index (χ2n) is 2.75.